The van der Waals surface area contributed by atoms with Gasteiger partial charge < -0.3 is 14.5 Å². The molecule has 0 saturated heterocycles. The van der Waals surface area contributed by atoms with Gasteiger partial charge >= 0.3 is 5.97 Å². The molecule has 3 aromatic rings. The molecule has 0 amide bonds. The van der Waals surface area contributed by atoms with Crippen LogP contribution in [0.5, 0.6) is 11.5 Å². The van der Waals surface area contributed by atoms with Crippen LogP contribution in [-0.4, -0.2) is 18.1 Å². The molecule has 4 nitrogen and oxygen atoms in total. The number of benzene rings is 2. The fourth-order valence-electron chi connectivity index (χ4n) is 2.64. The van der Waals surface area contributed by atoms with Crippen LogP contribution in [0.2, 0.25) is 0 Å². The number of para-hydroxylation sites is 3. The molecule has 1 N–H and O–H groups in total. The van der Waals surface area contributed by atoms with Crippen LogP contribution < -0.4 is 9.47 Å². The summed E-state index contributed by atoms with van der Waals surface area (Å²) < 4.78 is 10.5. The largest absolute Gasteiger partial charge is 0.493 e. The van der Waals surface area contributed by atoms with Gasteiger partial charge in [-0.2, -0.15) is 0 Å². The van der Waals surface area contributed by atoms with Crippen LogP contribution >= 0.6 is 0 Å². The number of aromatic amines is 1. The lowest BCUT2D eigenvalue weighted by Gasteiger charge is -2.08. The van der Waals surface area contributed by atoms with Gasteiger partial charge in [-0.25, -0.2) is 0 Å². The molecule has 0 spiro atoms. The topological polar surface area (TPSA) is 51.3 Å². The molecule has 0 bridgehead atoms. The summed E-state index contributed by atoms with van der Waals surface area (Å²) in [7, 11) is 1.56. The van der Waals surface area contributed by atoms with E-state index in [1.54, 1.807) is 19.2 Å². The molecule has 0 fully saturated rings. The lowest BCUT2D eigenvalue weighted by Crippen LogP contribution is -2.08. The molecule has 0 atom stereocenters. The molecule has 1 aromatic heterocycles. The fourth-order valence-corrected chi connectivity index (χ4v) is 2.64. The number of hydrogen-bond donors (Lipinski definition) is 1. The van der Waals surface area contributed by atoms with Gasteiger partial charge in [0.1, 0.15) is 0 Å². The summed E-state index contributed by atoms with van der Waals surface area (Å²) in [5.74, 6) is 0.791. The molecular weight excluding hydrogens is 290 g/mol. The van der Waals surface area contributed by atoms with Crippen molar-refractivity contribution in [3.8, 4) is 11.5 Å². The van der Waals surface area contributed by atoms with Gasteiger partial charge in [0.15, 0.2) is 11.5 Å². The van der Waals surface area contributed by atoms with Crippen molar-refractivity contribution in [2.45, 2.75) is 19.3 Å². The zero-order valence-electron chi connectivity index (χ0n) is 13.0. The number of fused-ring (bicyclic) bond motifs is 1. The van der Waals surface area contributed by atoms with Crippen molar-refractivity contribution in [3.05, 3.63) is 60.3 Å². The number of esters is 1. The van der Waals surface area contributed by atoms with Gasteiger partial charge in [0, 0.05) is 23.5 Å². The summed E-state index contributed by atoms with van der Waals surface area (Å²) >= 11 is 0. The predicted octanol–water partition coefficient (Wildman–Crippen LogP) is 4.10. The van der Waals surface area contributed by atoms with Crippen molar-refractivity contribution in [2.75, 3.05) is 7.11 Å². The molecule has 0 aliphatic carbocycles. The standard InChI is InChI=1S/C19H19NO3/c1-22-17-10-4-5-11-18(17)23-19(21)12-6-7-14-13-20-16-9-3-2-8-15(14)16/h2-5,8-11,13,20H,6-7,12H2,1H3. The number of aryl methyl sites for hydroxylation is 1. The molecule has 0 unspecified atom stereocenters. The van der Waals surface area contributed by atoms with Gasteiger partial charge in [-0.05, 0) is 36.6 Å². The van der Waals surface area contributed by atoms with Gasteiger partial charge in [-0.3, -0.25) is 4.79 Å². The second-order valence-electron chi connectivity index (χ2n) is 5.34. The third-order valence-electron chi connectivity index (χ3n) is 3.79. The zero-order chi connectivity index (χ0) is 16.1. The molecular formula is C19H19NO3. The molecule has 0 aliphatic heterocycles. The molecule has 2 aromatic carbocycles. The van der Waals surface area contributed by atoms with Crippen molar-refractivity contribution in [1.82, 2.24) is 4.98 Å². The monoisotopic (exact) mass is 309 g/mol. The number of ether oxygens (including phenoxy) is 2. The minimum absolute atomic E-state index is 0.241. The van der Waals surface area contributed by atoms with E-state index in [1.165, 1.54) is 10.9 Å². The summed E-state index contributed by atoms with van der Waals surface area (Å²) in [4.78, 5) is 15.2. The van der Waals surface area contributed by atoms with Crippen molar-refractivity contribution < 1.29 is 14.3 Å². The van der Waals surface area contributed by atoms with Crippen LogP contribution in [0.25, 0.3) is 10.9 Å². The number of hydrogen-bond acceptors (Lipinski definition) is 3. The highest BCUT2D eigenvalue weighted by Gasteiger charge is 2.10. The van der Waals surface area contributed by atoms with Crippen LogP contribution in [0.1, 0.15) is 18.4 Å². The number of H-pyrrole nitrogens is 1. The molecule has 0 radical (unpaired) electrons. The normalized spacial score (nSPS) is 10.7. The maximum atomic E-state index is 12.0. The second kappa shape index (κ2) is 7.01. The van der Waals surface area contributed by atoms with Crippen molar-refractivity contribution >= 4 is 16.9 Å². The van der Waals surface area contributed by atoms with Crippen molar-refractivity contribution in [2.24, 2.45) is 0 Å². The average molecular weight is 309 g/mol. The van der Waals surface area contributed by atoms with E-state index >= 15 is 0 Å². The van der Waals surface area contributed by atoms with Crippen LogP contribution in [0, 0.1) is 0 Å². The van der Waals surface area contributed by atoms with E-state index in [2.05, 4.69) is 17.1 Å². The Hall–Kier alpha value is -2.75. The Bertz CT molecular complexity index is 807. The van der Waals surface area contributed by atoms with Crippen LogP contribution in [0.3, 0.4) is 0 Å². The van der Waals surface area contributed by atoms with Gasteiger partial charge in [0.2, 0.25) is 0 Å². The predicted molar refractivity (Wildman–Crippen MR) is 89.9 cm³/mol. The minimum atomic E-state index is -0.241. The third kappa shape index (κ3) is 3.54. The number of carbonyl (C=O) groups is 1. The molecule has 0 aliphatic rings. The smallest absolute Gasteiger partial charge is 0.311 e. The molecule has 1 heterocycles. The van der Waals surface area contributed by atoms with Gasteiger partial charge in [-0.15, -0.1) is 0 Å². The zero-order valence-corrected chi connectivity index (χ0v) is 13.0. The number of rotatable bonds is 6. The number of carbonyl (C=O) groups excluding carboxylic acids is 1. The van der Waals surface area contributed by atoms with Gasteiger partial charge in [0.05, 0.1) is 7.11 Å². The number of methoxy groups -OCH3 is 1. The number of nitrogens with one attached hydrogen (secondary N) is 1. The Kier molecular flexibility index (Phi) is 4.62. The van der Waals surface area contributed by atoms with E-state index in [-0.39, 0.29) is 5.97 Å². The molecule has 4 heteroatoms. The Morgan fingerprint density at radius 3 is 2.61 bits per heavy atom. The summed E-state index contributed by atoms with van der Waals surface area (Å²) in [5.41, 5.74) is 2.35. The Morgan fingerprint density at radius 2 is 1.78 bits per heavy atom. The fraction of sp³-hybridized carbons (Fsp3) is 0.211. The lowest BCUT2D eigenvalue weighted by molar-refractivity contribution is -0.134. The number of aromatic nitrogens is 1. The van der Waals surface area contributed by atoms with E-state index in [0.29, 0.717) is 17.9 Å². The van der Waals surface area contributed by atoms with E-state index in [4.69, 9.17) is 9.47 Å². The molecule has 23 heavy (non-hydrogen) atoms. The van der Waals surface area contributed by atoms with E-state index in [1.807, 2.05) is 30.5 Å². The SMILES string of the molecule is COc1ccccc1OC(=O)CCCc1c[nH]c2ccccc12. The van der Waals surface area contributed by atoms with E-state index < -0.39 is 0 Å². The quantitative estimate of drug-likeness (QED) is 0.551. The summed E-state index contributed by atoms with van der Waals surface area (Å²) in [5, 5.41) is 1.21. The molecule has 118 valence electrons. The highest BCUT2D eigenvalue weighted by molar-refractivity contribution is 5.83. The summed E-state index contributed by atoms with van der Waals surface area (Å²) in [6.45, 7) is 0. The Labute approximate surface area is 135 Å². The maximum absolute atomic E-state index is 12.0. The lowest BCUT2D eigenvalue weighted by atomic mass is 10.1. The van der Waals surface area contributed by atoms with Crippen LogP contribution in [0.15, 0.2) is 54.7 Å². The average Bonchev–Trinajstić information content (AvgIpc) is 2.99. The first-order chi connectivity index (χ1) is 11.3. The third-order valence-corrected chi connectivity index (χ3v) is 3.79. The van der Waals surface area contributed by atoms with Gasteiger partial charge in [-0.1, -0.05) is 30.3 Å². The van der Waals surface area contributed by atoms with Crippen molar-refractivity contribution in [1.29, 1.82) is 0 Å². The first-order valence-electron chi connectivity index (χ1n) is 7.66. The van der Waals surface area contributed by atoms with E-state index in [0.717, 1.165) is 18.4 Å². The first kappa shape index (κ1) is 15.2. The van der Waals surface area contributed by atoms with Gasteiger partial charge in [0.25, 0.3) is 0 Å². The summed E-state index contributed by atoms with van der Waals surface area (Å²) in [6.07, 6.45) is 3.97. The first-order valence-corrected chi connectivity index (χ1v) is 7.66. The van der Waals surface area contributed by atoms with Crippen molar-refractivity contribution in [3.63, 3.8) is 0 Å². The maximum Gasteiger partial charge on any atom is 0.311 e. The highest BCUT2D eigenvalue weighted by Crippen LogP contribution is 2.26. The Morgan fingerprint density at radius 1 is 1.04 bits per heavy atom. The molecule has 0 saturated carbocycles. The summed E-state index contributed by atoms with van der Waals surface area (Å²) in [6, 6.07) is 15.3. The highest BCUT2D eigenvalue weighted by atomic mass is 16.6. The van der Waals surface area contributed by atoms with E-state index in [9.17, 15) is 4.79 Å². The minimum Gasteiger partial charge on any atom is -0.493 e. The second-order valence-corrected chi connectivity index (χ2v) is 5.34. The molecule has 3 rings (SSSR count). The Balaban J connectivity index is 1.55. The van der Waals surface area contributed by atoms with Crippen LogP contribution in [0.4, 0.5) is 0 Å². The van der Waals surface area contributed by atoms with Crippen LogP contribution in [-0.2, 0) is 11.2 Å².